The van der Waals surface area contributed by atoms with Crippen molar-refractivity contribution in [1.29, 1.82) is 0 Å². The number of methoxy groups -OCH3 is 1. The van der Waals surface area contributed by atoms with Crippen LogP contribution in [0.25, 0.3) is 0 Å². The second-order valence-corrected chi connectivity index (χ2v) is 26.9. The van der Waals surface area contributed by atoms with Gasteiger partial charge in [0.2, 0.25) is 0 Å². The van der Waals surface area contributed by atoms with Crippen LogP contribution >= 0.6 is 0 Å². The van der Waals surface area contributed by atoms with E-state index < -0.39 is 34.5 Å². The predicted molar refractivity (Wildman–Crippen MR) is 228 cm³/mol. The molecule has 3 atom stereocenters. The van der Waals surface area contributed by atoms with Crippen LogP contribution in [0.15, 0.2) is 74.7 Å². The van der Waals surface area contributed by atoms with Crippen LogP contribution in [0.3, 0.4) is 0 Å². The Hall–Kier alpha value is -2.97. The summed E-state index contributed by atoms with van der Waals surface area (Å²) in [4.78, 5) is 24.9. The Kier molecular flexibility index (Phi) is 19.9. The van der Waals surface area contributed by atoms with Crippen molar-refractivity contribution in [2.75, 3.05) is 13.9 Å². The summed E-state index contributed by atoms with van der Waals surface area (Å²) in [6.45, 7) is 32.0. The minimum absolute atomic E-state index is 0.0153. The van der Waals surface area contributed by atoms with E-state index in [2.05, 4.69) is 110 Å². The smallest absolute Gasteiger partial charge is 0.410 e. The molecule has 0 aliphatic heterocycles. The third-order valence-electron chi connectivity index (χ3n) is 10.9. The number of aliphatic hydroxyl groups excluding tert-OH is 1. The fourth-order valence-electron chi connectivity index (χ4n) is 4.79. The molecule has 54 heavy (non-hydrogen) atoms. The quantitative estimate of drug-likeness (QED) is 0.0581. The Balaban J connectivity index is 3.38. The van der Waals surface area contributed by atoms with E-state index in [1.165, 1.54) is 18.9 Å². The number of hydrogen-bond acceptors (Lipinski definition) is 8. The molecule has 0 aliphatic rings. The third kappa shape index (κ3) is 16.0. The summed E-state index contributed by atoms with van der Waals surface area (Å²) in [6.07, 6.45) is 15.7. The van der Waals surface area contributed by atoms with Crippen molar-refractivity contribution in [3.05, 3.63) is 87.2 Å². The Morgan fingerprint density at radius 1 is 0.963 bits per heavy atom. The van der Waals surface area contributed by atoms with Gasteiger partial charge in [0.25, 0.3) is 0 Å². The third-order valence-corrected chi connectivity index (χ3v) is 19.8. The van der Waals surface area contributed by atoms with Crippen molar-refractivity contribution in [3.8, 4) is 5.75 Å². The lowest BCUT2D eigenvalue weighted by molar-refractivity contribution is 0.0996. The maximum Gasteiger partial charge on any atom is 0.410 e. The minimum Gasteiger partial charge on any atom is -0.468 e. The number of hydrogen-bond donors (Lipinski definition) is 2. The number of amides is 1. The van der Waals surface area contributed by atoms with Gasteiger partial charge in [0.15, 0.2) is 23.4 Å². The molecule has 0 spiro atoms. The van der Waals surface area contributed by atoms with Crippen LogP contribution in [0.2, 0.25) is 36.3 Å². The summed E-state index contributed by atoms with van der Waals surface area (Å²) in [5.74, 6) is 0.527. The lowest BCUT2D eigenvalue weighted by Crippen LogP contribution is -2.44. The Morgan fingerprint density at radius 3 is 2.17 bits per heavy atom. The van der Waals surface area contributed by atoms with E-state index in [1.54, 1.807) is 13.0 Å². The number of rotatable bonds is 20. The molecule has 2 N–H and O–H groups in total. The number of alkyl carbamates (subject to hydrolysis) is 1. The van der Waals surface area contributed by atoms with Crippen LogP contribution in [-0.2, 0) is 13.6 Å². The first-order valence-corrected chi connectivity index (χ1v) is 25.1. The van der Waals surface area contributed by atoms with Gasteiger partial charge in [-0.05, 0) is 107 Å². The molecule has 1 aromatic rings. The SMILES string of the molecule is C/C=C/C/C=C(/C)[C@@H](CC/C(C)=C/C=C(\C)C(O)c1c(OCO[Si](C)(C)C(C)(C)C)cc([C@H](C)CC/C=C/NC(=O)OC)oc1=O)O[Si](C)(C)C(C)(C)C. The van der Waals surface area contributed by atoms with Gasteiger partial charge in [-0.1, -0.05) is 90.5 Å². The minimum atomic E-state index is -2.16. The highest BCUT2D eigenvalue weighted by atomic mass is 28.4. The highest BCUT2D eigenvalue weighted by Gasteiger charge is 2.39. The van der Waals surface area contributed by atoms with Gasteiger partial charge in [-0.3, -0.25) is 5.32 Å². The van der Waals surface area contributed by atoms with E-state index in [1.807, 2.05) is 32.1 Å². The molecule has 1 rings (SSSR count). The first-order chi connectivity index (χ1) is 24.9. The summed E-state index contributed by atoms with van der Waals surface area (Å²) >= 11 is 0. The van der Waals surface area contributed by atoms with Crippen LogP contribution < -0.4 is 15.7 Å². The maximum atomic E-state index is 13.6. The Bertz CT molecular complexity index is 1550. The molecular weight excluding hydrogens is 715 g/mol. The summed E-state index contributed by atoms with van der Waals surface area (Å²) in [5.41, 5.74) is 2.34. The predicted octanol–water partition coefficient (Wildman–Crippen LogP) is 11.8. The van der Waals surface area contributed by atoms with E-state index in [0.29, 0.717) is 24.2 Å². The second-order valence-electron chi connectivity index (χ2n) is 17.4. The highest BCUT2D eigenvalue weighted by Crippen LogP contribution is 2.39. The van der Waals surface area contributed by atoms with Crippen molar-refractivity contribution < 1.29 is 32.6 Å². The molecule has 1 heterocycles. The van der Waals surface area contributed by atoms with Crippen LogP contribution in [0.4, 0.5) is 4.79 Å². The second kappa shape index (κ2) is 21.9. The average molecular weight is 788 g/mol. The summed E-state index contributed by atoms with van der Waals surface area (Å²) < 4.78 is 29.7. The van der Waals surface area contributed by atoms with Gasteiger partial charge in [0.1, 0.15) is 23.2 Å². The molecule has 0 bridgehead atoms. The molecule has 1 unspecified atom stereocenters. The zero-order chi connectivity index (χ0) is 41.5. The number of nitrogens with one attached hydrogen (secondary N) is 1. The molecule has 0 saturated carbocycles. The lowest BCUT2D eigenvalue weighted by Gasteiger charge is -2.39. The van der Waals surface area contributed by atoms with Gasteiger partial charge < -0.3 is 27.8 Å². The number of ether oxygens (including phenoxy) is 2. The fraction of sp³-hybridized carbons (Fsp3) is 0.628. The molecule has 1 amide bonds. The van der Waals surface area contributed by atoms with E-state index in [0.717, 1.165) is 24.8 Å². The molecule has 0 aliphatic carbocycles. The normalized spacial score (nSPS) is 15.8. The largest absolute Gasteiger partial charge is 0.468 e. The fourth-order valence-corrected chi connectivity index (χ4v) is 6.95. The van der Waals surface area contributed by atoms with Crippen molar-refractivity contribution >= 4 is 22.7 Å². The number of carbonyl (C=O) groups excluding carboxylic acids is 1. The van der Waals surface area contributed by atoms with Gasteiger partial charge >= 0.3 is 11.7 Å². The van der Waals surface area contributed by atoms with Crippen LogP contribution in [0, 0.1) is 0 Å². The van der Waals surface area contributed by atoms with Gasteiger partial charge in [0.05, 0.1) is 13.2 Å². The Labute approximate surface area is 329 Å². The van der Waals surface area contributed by atoms with Gasteiger partial charge in [-0.25, -0.2) is 9.59 Å². The zero-order valence-corrected chi connectivity index (χ0v) is 38.4. The number of aliphatic hydroxyl groups is 1. The topological polar surface area (TPSA) is 116 Å². The molecule has 9 nitrogen and oxygen atoms in total. The maximum absolute atomic E-state index is 13.6. The van der Waals surface area contributed by atoms with Gasteiger partial charge in [-0.2, -0.15) is 0 Å². The van der Waals surface area contributed by atoms with Crippen LogP contribution in [0.5, 0.6) is 5.75 Å². The van der Waals surface area contributed by atoms with Crippen molar-refractivity contribution in [3.63, 3.8) is 0 Å². The Morgan fingerprint density at radius 2 is 1.59 bits per heavy atom. The first kappa shape index (κ1) is 49.1. The first-order valence-electron chi connectivity index (χ1n) is 19.3. The standard InChI is InChI=1S/C43H73NO8Si2/c1-17-18-19-22-32(3)35(52-54(15,16)43(9,10)11)27-25-31(2)24-26-34(5)39(45)38-37(49-30-50-53(13,14)42(6,7)8)29-36(51-40(38)46)33(4)23-20-21-28-44-41(47)48-12/h17-18,21-22,24,26,28-29,33,35,39,45H,19-20,23,25,27,30H2,1-16H3,(H,44,47)/b18-17+,28-21+,31-24+,32-22-,34-26+/t33-,35-,39?/m1/s1. The molecule has 306 valence electrons. The average Bonchev–Trinajstić information content (AvgIpc) is 3.06. The molecule has 1 aromatic heterocycles. The van der Waals surface area contributed by atoms with Crippen molar-refractivity contribution in [1.82, 2.24) is 5.32 Å². The van der Waals surface area contributed by atoms with E-state index >= 15 is 0 Å². The number of allylic oxidation sites excluding steroid dienone is 7. The summed E-state index contributed by atoms with van der Waals surface area (Å²) in [6, 6.07) is 1.69. The summed E-state index contributed by atoms with van der Waals surface area (Å²) in [7, 11) is -2.87. The van der Waals surface area contributed by atoms with Crippen LogP contribution in [-0.4, -0.2) is 47.8 Å². The van der Waals surface area contributed by atoms with Crippen molar-refractivity contribution in [2.24, 2.45) is 0 Å². The monoisotopic (exact) mass is 787 g/mol. The molecule has 0 radical (unpaired) electrons. The van der Waals surface area contributed by atoms with E-state index in [9.17, 15) is 14.7 Å². The molecule has 0 fully saturated rings. The van der Waals surface area contributed by atoms with Crippen LogP contribution in [0.1, 0.15) is 132 Å². The van der Waals surface area contributed by atoms with Gasteiger partial charge in [0, 0.05) is 18.2 Å². The van der Waals surface area contributed by atoms with Crippen molar-refractivity contribution in [2.45, 2.75) is 163 Å². The van der Waals surface area contributed by atoms with E-state index in [4.69, 9.17) is 18.0 Å². The van der Waals surface area contributed by atoms with Gasteiger partial charge in [-0.15, -0.1) is 0 Å². The highest BCUT2D eigenvalue weighted by molar-refractivity contribution is 6.74. The molecular formula is C43H73NO8Si2. The number of carbonyl (C=O) groups is 1. The lowest BCUT2D eigenvalue weighted by atomic mass is 9.98. The molecule has 0 saturated heterocycles. The summed E-state index contributed by atoms with van der Waals surface area (Å²) in [5, 5.41) is 14.2. The molecule has 11 heteroatoms. The molecule has 0 aromatic carbocycles. The zero-order valence-electron chi connectivity index (χ0n) is 36.4. The van der Waals surface area contributed by atoms with E-state index in [-0.39, 0.29) is 40.2 Å².